The van der Waals surface area contributed by atoms with Crippen molar-refractivity contribution in [2.75, 3.05) is 34.0 Å². The minimum atomic E-state index is -1.06. The van der Waals surface area contributed by atoms with Gasteiger partial charge in [-0.1, -0.05) is 0 Å². The number of rotatable bonds is 8. The number of ether oxygens (including phenoxy) is 4. The zero-order valence-corrected chi connectivity index (χ0v) is 11.3. The number of hydrogen-bond donors (Lipinski definition) is 1. The molecule has 19 heavy (non-hydrogen) atoms. The van der Waals surface area contributed by atoms with Gasteiger partial charge in [0.15, 0.2) is 11.5 Å². The van der Waals surface area contributed by atoms with Crippen molar-refractivity contribution >= 4 is 5.97 Å². The average molecular weight is 270 g/mol. The fraction of sp³-hybridized carbons (Fsp3) is 0.462. The molecule has 0 aliphatic heterocycles. The molecule has 0 aliphatic carbocycles. The lowest BCUT2D eigenvalue weighted by Gasteiger charge is -2.15. The molecule has 0 radical (unpaired) electrons. The van der Waals surface area contributed by atoms with Crippen LogP contribution < -0.4 is 14.2 Å². The van der Waals surface area contributed by atoms with E-state index in [9.17, 15) is 4.79 Å². The van der Waals surface area contributed by atoms with Gasteiger partial charge in [-0.15, -0.1) is 0 Å². The number of carboxylic acids is 1. The van der Waals surface area contributed by atoms with Gasteiger partial charge in [0.1, 0.15) is 6.61 Å². The largest absolute Gasteiger partial charge is 0.493 e. The third kappa shape index (κ3) is 4.03. The van der Waals surface area contributed by atoms with Crippen LogP contribution in [0, 0.1) is 0 Å². The van der Waals surface area contributed by atoms with E-state index in [2.05, 4.69) is 0 Å². The van der Waals surface area contributed by atoms with Crippen LogP contribution in [0.1, 0.15) is 17.3 Å². The summed E-state index contributed by atoms with van der Waals surface area (Å²) in [5.41, 5.74) is 0.0749. The quantitative estimate of drug-likeness (QED) is 0.726. The first-order valence-electron chi connectivity index (χ1n) is 5.83. The van der Waals surface area contributed by atoms with Crippen molar-refractivity contribution in [1.82, 2.24) is 0 Å². The van der Waals surface area contributed by atoms with Gasteiger partial charge in [-0.3, -0.25) is 0 Å². The molecule has 106 valence electrons. The zero-order chi connectivity index (χ0) is 14.3. The van der Waals surface area contributed by atoms with E-state index in [4.69, 9.17) is 24.1 Å². The van der Waals surface area contributed by atoms with E-state index < -0.39 is 5.97 Å². The molecule has 0 saturated heterocycles. The SMILES string of the molecule is CCOCCOc1c(OC)cc(C(=O)O)cc1OC. The smallest absolute Gasteiger partial charge is 0.335 e. The number of carboxylic acid groups (broad SMARTS) is 1. The van der Waals surface area contributed by atoms with Gasteiger partial charge in [0.05, 0.1) is 26.4 Å². The van der Waals surface area contributed by atoms with E-state index >= 15 is 0 Å². The molecule has 1 rings (SSSR count). The highest BCUT2D eigenvalue weighted by Crippen LogP contribution is 2.38. The molecule has 0 spiro atoms. The van der Waals surface area contributed by atoms with E-state index in [1.165, 1.54) is 26.4 Å². The van der Waals surface area contributed by atoms with E-state index in [1.807, 2.05) is 6.92 Å². The lowest BCUT2D eigenvalue weighted by molar-refractivity contribution is 0.0695. The molecule has 0 aromatic heterocycles. The lowest BCUT2D eigenvalue weighted by atomic mass is 10.2. The molecule has 0 aliphatic rings. The topological polar surface area (TPSA) is 74.2 Å². The maximum absolute atomic E-state index is 11.0. The highest BCUT2D eigenvalue weighted by Gasteiger charge is 2.17. The highest BCUT2D eigenvalue weighted by atomic mass is 16.6. The number of methoxy groups -OCH3 is 2. The van der Waals surface area contributed by atoms with Crippen molar-refractivity contribution in [1.29, 1.82) is 0 Å². The third-order valence-corrected chi connectivity index (χ3v) is 2.39. The van der Waals surface area contributed by atoms with E-state index in [1.54, 1.807) is 0 Å². The van der Waals surface area contributed by atoms with Crippen LogP contribution in [0.5, 0.6) is 17.2 Å². The molecule has 6 nitrogen and oxygen atoms in total. The molecule has 1 aromatic carbocycles. The Labute approximate surface area is 111 Å². The van der Waals surface area contributed by atoms with Crippen molar-refractivity contribution in [3.8, 4) is 17.2 Å². The molecule has 1 aromatic rings. The predicted molar refractivity (Wildman–Crippen MR) is 68.5 cm³/mol. The normalized spacial score (nSPS) is 10.1. The van der Waals surface area contributed by atoms with Crippen molar-refractivity contribution < 1.29 is 28.8 Å². The number of hydrogen-bond acceptors (Lipinski definition) is 5. The molecule has 0 unspecified atom stereocenters. The summed E-state index contributed by atoms with van der Waals surface area (Å²) < 4.78 is 20.9. The molecule has 0 amide bonds. The minimum absolute atomic E-state index is 0.0749. The average Bonchev–Trinajstić information content (AvgIpc) is 2.42. The molecule has 0 atom stereocenters. The predicted octanol–water partition coefficient (Wildman–Crippen LogP) is 1.82. The molecule has 6 heteroatoms. The van der Waals surface area contributed by atoms with Gasteiger partial charge in [0, 0.05) is 6.61 Å². The third-order valence-electron chi connectivity index (χ3n) is 2.39. The van der Waals surface area contributed by atoms with Crippen molar-refractivity contribution in [2.45, 2.75) is 6.92 Å². The molecule has 0 heterocycles. The van der Waals surface area contributed by atoms with Crippen molar-refractivity contribution in [3.05, 3.63) is 17.7 Å². The first-order chi connectivity index (χ1) is 9.13. The van der Waals surface area contributed by atoms with E-state index in [0.717, 1.165) is 0 Å². The summed E-state index contributed by atoms with van der Waals surface area (Å²) in [7, 11) is 2.88. The van der Waals surface area contributed by atoms with Gasteiger partial charge in [-0.05, 0) is 19.1 Å². The van der Waals surface area contributed by atoms with Crippen LogP contribution in [0.2, 0.25) is 0 Å². The second kappa shape index (κ2) is 7.48. The Morgan fingerprint density at radius 3 is 2.16 bits per heavy atom. The second-order valence-corrected chi connectivity index (χ2v) is 3.56. The number of carbonyl (C=O) groups is 1. The summed E-state index contributed by atoms with van der Waals surface area (Å²) in [6.07, 6.45) is 0. The van der Waals surface area contributed by atoms with Gasteiger partial charge >= 0.3 is 5.97 Å². The van der Waals surface area contributed by atoms with E-state index in [-0.39, 0.29) is 5.56 Å². The van der Waals surface area contributed by atoms with Gasteiger partial charge in [-0.25, -0.2) is 4.79 Å². The molecule has 0 fully saturated rings. The maximum Gasteiger partial charge on any atom is 0.335 e. The molecular formula is C13H18O6. The Kier molecular flexibility index (Phi) is 5.95. The van der Waals surface area contributed by atoms with Crippen LogP contribution >= 0.6 is 0 Å². The Bertz CT molecular complexity index is 404. The fourth-order valence-electron chi connectivity index (χ4n) is 1.49. The summed E-state index contributed by atoms with van der Waals surface area (Å²) in [5, 5.41) is 8.99. The molecule has 0 bridgehead atoms. The first-order valence-corrected chi connectivity index (χ1v) is 5.83. The van der Waals surface area contributed by atoms with Gasteiger partial charge in [0.2, 0.25) is 5.75 Å². The standard InChI is InChI=1S/C13H18O6/c1-4-18-5-6-19-12-10(16-2)7-9(13(14)15)8-11(12)17-3/h7-8H,4-6H2,1-3H3,(H,14,15). The zero-order valence-electron chi connectivity index (χ0n) is 11.3. The minimum Gasteiger partial charge on any atom is -0.493 e. The Morgan fingerprint density at radius 1 is 1.16 bits per heavy atom. The van der Waals surface area contributed by atoms with Crippen molar-refractivity contribution in [3.63, 3.8) is 0 Å². The summed E-state index contributed by atoms with van der Waals surface area (Å²) in [4.78, 5) is 11.0. The van der Waals surface area contributed by atoms with Crippen LogP contribution in [0.3, 0.4) is 0 Å². The summed E-state index contributed by atoms with van der Waals surface area (Å²) in [6, 6.07) is 2.78. The molecular weight excluding hydrogens is 252 g/mol. The van der Waals surface area contributed by atoms with Crippen LogP contribution in [0.25, 0.3) is 0 Å². The second-order valence-electron chi connectivity index (χ2n) is 3.56. The van der Waals surface area contributed by atoms with Crippen LogP contribution in [0.15, 0.2) is 12.1 Å². The number of benzene rings is 1. The summed E-state index contributed by atoms with van der Waals surface area (Å²) in [5.74, 6) is -0.0614. The summed E-state index contributed by atoms with van der Waals surface area (Å²) in [6.45, 7) is 3.26. The maximum atomic E-state index is 11.0. The summed E-state index contributed by atoms with van der Waals surface area (Å²) >= 11 is 0. The van der Waals surface area contributed by atoms with Crippen LogP contribution in [0.4, 0.5) is 0 Å². The van der Waals surface area contributed by atoms with E-state index in [0.29, 0.717) is 37.1 Å². The van der Waals surface area contributed by atoms with Crippen molar-refractivity contribution in [2.24, 2.45) is 0 Å². The van der Waals surface area contributed by atoms with Gasteiger partial charge in [-0.2, -0.15) is 0 Å². The van der Waals surface area contributed by atoms with Crippen LogP contribution in [-0.4, -0.2) is 45.1 Å². The monoisotopic (exact) mass is 270 g/mol. The Balaban J connectivity index is 2.96. The Morgan fingerprint density at radius 2 is 1.74 bits per heavy atom. The fourth-order valence-corrected chi connectivity index (χ4v) is 1.49. The number of aromatic carboxylic acids is 1. The molecule has 1 N–H and O–H groups in total. The Hall–Kier alpha value is -1.95. The van der Waals surface area contributed by atoms with Gasteiger partial charge in [0.25, 0.3) is 0 Å². The lowest BCUT2D eigenvalue weighted by Crippen LogP contribution is -2.09. The first kappa shape index (κ1) is 15.1. The highest BCUT2D eigenvalue weighted by molar-refractivity contribution is 5.89. The molecule has 0 saturated carbocycles. The van der Waals surface area contributed by atoms with Gasteiger partial charge < -0.3 is 24.1 Å². The van der Waals surface area contributed by atoms with Crippen LogP contribution in [-0.2, 0) is 4.74 Å².